The molecule has 1 fully saturated rings. The van der Waals surface area contributed by atoms with Crippen molar-refractivity contribution in [2.75, 3.05) is 35.0 Å². The molecule has 1 N–H and O–H groups in total. The van der Waals surface area contributed by atoms with E-state index in [0.717, 1.165) is 33.9 Å². The van der Waals surface area contributed by atoms with Crippen molar-refractivity contribution >= 4 is 5.91 Å². The number of ether oxygens (including phenoxy) is 8. The Morgan fingerprint density at radius 3 is 1.53 bits per heavy atom. The van der Waals surface area contributed by atoms with Gasteiger partial charge < -0.3 is 43.2 Å². The first-order valence-electron chi connectivity index (χ1n) is 14.1. The minimum absolute atomic E-state index is 0.203. The van der Waals surface area contributed by atoms with E-state index in [0.29, 0.717) is 6.61 Å². The fourth-order valence-electron chi connectivity index (χ4n) is 4.87. The third-order valence-corrected chi connectivity index (χ3v) is 7.16. The highest BCUT2D eigenvalue weighted by Crippen LogP contribution is 2.29. The Bertz CT molecular complexity index is 1250. The summed E-state index contributed by atoms with van der Waals surface area (Å²) in [5.74, 6) is 2.04. The molecule has 10 nitrogen and oxygen atoms in total. The highest BCUT2D eigenvalue weighted by Gasteiger charge is 2.48. The molecule has 43 heavy (non-hydrogen) atoms. The number of hydrogen-bond donors (Lipinski definition) is 1. The average Bonchev–Trinajstić information content (AvgIpc) is 3.04. The van der Waals surface area contributed by atoms with Crippen LogP contribution in [0, 0.1) is 0 Å². The van der Waals surface area contributed by atoms with Gasteiger partial charge in [0.2, 0.25) is 5.91 Å². The third kappa shape index (κ3) is 9.16. The van der Waals surface area contributed by atoms with E-state index in [1.165, 1.54) is 14.0 Å². The number of amides is 1. The van der Waals surface area contributed by atoms with Gasteiger partial charge in [-0.05, 0) is 53.1 Å². The maximum atomic E-state index is 12.3. The Morgan fingerprint density at radius 1 is 0.674 bits per heavy atom. The first-order chi connectivity index (χ1) is 20.9. The zero-order valence-corrected chi connectivity index (χ0v) is 25.3. The monoisotopic (exact) mass is 595 g/mol. The number of methoxy groups -OCH3 is 4. The Morgan fingerprint density at radius 2 is 1.12 bits per heavy atom. The molecule has 1 saturated heterocycles. The van der Waals surface area contributed by atoms with Gasteiger partial charge in [-0.15, -0.1) is 0 Å². The van der Waals surface area contributed by atoms with Gasteiger partial charge in [-0.3, -0.25) is 4.79 Å². The van der Waals surface area contributed by atoms with Crippen molar-refractivity contribution in [3.8, 4) is 17.2 Å². The molecule has 0 unspecified atom stereocenters. The van der Waals surface area contributed by atoms with Crippen molar-refractivity contribution in [2.24, 2.45) is 0 Å². The van der Waals surface area contributed by atoms with E-state index in [1.54, 1.807) is 21.3 Å². The number of nitrogens with one attached hydrogen (secondary N) is 1. The van der Waals surface area contributed by atoms with E-state index in [9.17, 15) is 4.79 Å². The summed E-state index contributed by atoms with van der Waals surface area (Å²) in [6.45, 7) is 2.56. The summed E-state index contributed by atoms with van der Waals surface area (Å²) in [5.41, 5.74) is 2.86. The highest BCUT2D eigenvalue weighted by atomic mass is 16.7. The van der Waals surface area contributed by atoms with Crippen molar-refractivity contribution in [3.63, 3.8) is 0 Å². The topological polar surface area (TPSA) is 103 Å². The van der Waals surface area contributed by atoms with Gasteiger partial charge in [0.25, 0.3) is 0 Å². The van der Waals surface area contributed by atoms with Crippen LogP contribution in [0.4, 0.5) is 0 Å². The summed E-state index contributed by atoms with van der Waals surface area (Å²) in [6, 6.07) is 22.3. The second kappa shape index (κ2) is 16.3. The number of rotatable bonds is 15. The lowest BCUT2D eigenvalue weighted by Gasteiger charge is -2.45. The predicted octanol–water partition coefficient (Wildman–Crippen LogP) is 4.28. The largest absolute Gasteiger partial charge is 0.497 e. The molecule has 3 aromatic carbocycles. The van der Waals surface area contributed by atoms with Crippen molar-refractivity contribution in [1.82, 2.24) is 5.32 Å². The van der Waals surface area contributed by atoms with E-state index in [-0.39, 0.29) is 25.7 Å². The van der Waals surface area contributed by atoms with Gasteiger partial charge >= 0.3 is 0 Å². The van der Waals surface area contributed by atoms with Crippen molar-refractivity contribution < 1.29 is 42.7 Å². The maximum absolute atomic E-state index is 12.3. The van der Waals surface area contributed by atoms with Gasteiger partial charge in [-0.25, -0.2) is 0 Å². The van der Waals surface area contributed by atoms with Gasteiger partial charge in [0, 0.05) is 14.0 Å². The Hall–Kier alpha value is -3.67. The zero-order chi connectivity index (χ0) is 30.6. The van der Waals surface area contributed by atoms with Crippen LogP contribution < -0.4 is 19.5 Å². The molecule has 4 rings (SSSR count). The van der Waals surface area contributed by atoms with E-state index < -0.39 is 30.6 Å². The Labute approximate surface area is 253 Å². The van der Waals surface area contributed by atoms with E-state index in [4.69, 9.17) is 37.9 Å². The number of hydrogen-bond acceptors (Lipinski definition) is 9. The molecule has 0 bridgehead atoms. The molecule has 0 radical (unpaired) electrons. The quantitative estimate of drug-likeness (QED) is 0.276. The lowest BCUT2D eigenvalue weighted by Crippen LogP contribution is -2.65. The average molecular weight is 596 g/mol. The number of benzene rings is 3. The SMILES string of the molecule is COc1ccc(COC[C@H]2O[C@H](OC)[C@H](NC(C)=O)[C@@H](OCc3ccc(OC)cc3)[C@@H]2OCc2ccc(OC)cc2)cc1. The van der Waals surface area contributed by atoms with Crippen LogP contribution in [0.15, 0.2) is 72.8 Å². The van der Waals surface area contributed by atoms with Crippen LogP contribution >= 0.6 is 0 Å². The van der Waals surface area contributed by atoms with E-state index in [1.807, 2.05) is 72.8 Å². The molecule has 1 amide bonds. The second-order valence-electron chi connectivity index (χ2n) is 10.1. The lowest BCUT2D eigenvalue weighted by atomic mass is 9.96. The molecule has 0 saturated carbocycles. The minimum atomic E-state index is -0.791. The van der Waals surface area contributed by atoms with Crippen molar-refractivity contribution in [3.05, 3.63) is 89.5 Å². The zero-order valence-electron chi connectivity index (χ0n) is 25.3. The molecule has 5 atom stereocenters. The first kappa shape index (κ1) is 32.2. The highest BCUT2D eigenvalue weighted by molar-refractivity contribution is 5.73. The van der Waals surface area contributed by atoms with E-state index >= 15 is 0 Å². The summed E-state index contributed by atoms with van der Waals surface area (Å²) in [7, 11) is 6.41. The molecule has 0 aromatic heterocycles. The molecule has 3 aromatic rings. The third-order valence-electron chi connectivity index (χ3n) is 7.16. The maximum Gasteiger partial charge on any atom is 0.217 e. The van der Waals surface area contributed by atoms with Crippen molar-refractivity contribution in [1.29, 1.82) is 0 Å². The van der Waals surface area contributed by atoms with Gasteiger partial charge in [0.05, 0.1) is 47.8 Å². The summed E-state index contributed by atoms with van der Waals surface area (Å²) in [6.07, 6.45) is -2.59. The number of carbonyl (C=O) groups is 1. The van der Waals surface area contributed by atoms with Gasteiger partial charge in [0.15, 0.2) is 6.29 Å². The van der Waals surface area contributed by atoms with Gasteiger partial charge in [0.1, 0.15) is 41.6 Å². The fourth-order valence-corrected chi connectivity index (χ4v) is 4.87. The molecule has 10 heteroatoms. The summed E-state index contributed by atoms with van der Waals surface area (Å²) < 4.78 is 47.0. The Balaban J connectivity index is 1.56. The van der Waals surface area contributed by atoms with Crippen LogP contribution in [0.25, 0.3) is 0 Å². The second-order valence-corrected chi connectivity index (χ2v) is 10.1. The molecule has 0 spiro atoms. The summed E-state index contributed by atoms with van der Waals surface area (Å²) >= 11 is 0. The molecular weight excluding hydrogens is 554 g/mol. The van der Waals surface area contributed by atoms with Gasteiger partial charge in [-0.1, -0.05) is 36.4 Å². The summed E-state index contributed by atoms with van der Waals surface area (Å²) in [4.78, 5) is 12.3. The summed E-state index contributed by atoms with van der Waals surface area (Å²) in [5, 5.41) is 2.96. The lowest BCUT2D eigenvalue weighted by molar-refractivity contribution is -0.284. The smallest absolute Gasteiger partial charge is 0.217 e. The number of carbonyl (C=O) groups excluding carboxylic acids is 1. The predicted molar refractivity (Wildman–Crippen MR) is 159 cm³/mol. The van der Waals surface area contributed by atoms with Crippen LogP contribution in [0.3, 0.4) is 0 Å². The molecule has 0 aliphatic carbocycles. The van der Waals surface area contributed by atoms with Crippen LogP contribution in [-0.2, 0) is 48.3 Å². The van der Waals surface area contributed by atoms with Crippen molar-refractivity contribution in [2.45, 2.75) is 57.4 Å². The molecular formula is C33H41NO9. The van der Waals surface area contributed by atoms with Gasteiger partial charge in [-0.2, -0.15) is 0 Å². The van der Waals surface area contributed by atoms with Crippen LogP contribution in [0.5, 0.6) is 17.2 Å². The molecule has 1 aliphatic heterocycles. The normalized spacial score (nSPS) is 21.7. The van der Waals surface area contributed by atoms with E-state index in [2.05, 4.69) is 5.32 Å². The standard InChI is InChI=1S/C33H41NO9/c1-22(35)34-30-32(42-20-25-10-16-28(38-4)17-11-25)31(41-19-24-8-14-27(37-3)15-9-24)29(43-33(30)39-5)21-40-18-23-6-12-26(36-2)13-7-23/h6-17,29-33H,18-21H2,1-5H3,(H,34,35)/t29-,30-,31-,32-,33+/m1/s1. The minimum Gasteiger partial charge on any atom is -0.497 e. The van der Waals surface area contributed by atoms with Crippen LogP contribution in [0.1, 0.15) is 23.6 Å². The van der Waals surface area contributed by atoms with Crippen LogP contribution in [-0.4, -0.2) is 71.6 Å². The molecule has 232 valence electrons. The molecule has 1 heterocycles. The Kier molecular flexibility index (Phi) is 12.2. The first-order valence-corrected chi connectivity index (χ1v) is 14.1. The van der Waals surface area contributed by atoms with Crippen LogP contribution in [0.2, 0.25) is 0 Å². The molecule has 1 aliphatic rings. The fraction of sp³-hybridized carbons (Fsp3) is 0.424.